The molecule has 0 spiro atoms. The van der Waals surface area contributed by atoms with Gasteiger partial charge in [0, 0.05) is 0 Å². The third kappa shape index (κ3) is 3.74. The molecule has 0 aromatic heterocycles. The summed E-state index contributed by atoms with van der Waals surface area (Å²) in [6.07, 6.45) is 7.51. The van der Waals surface area contributed by atoms with E-state index in [2.05, 4.69) is 0 Å². The molecule has 1 N–H and O–H groups in total. The standard InChI is InChI=1S/C15H22O2/c1-12(16)13-7-6-10-15(11-13)17-14-8-4-2-3-5-9-14/h6-7,10-12,14,16H,2-5,8-9H2,1H3/t12-/m1/s1. The van der Waals surface area contributed by atoms with E-state index in [4.69, 9.17) is 4.74 Å². The lowest BCUT2D eigenvalue weighted by atomic mass is 10.1. The Hall–Kier alpha value is -1.02. The Morgan fingerprint density at radius 2 is 1.88 bits per heavy atom. The second kappa shape index (κ2) is 6.06. The summed E-state index contributed by atoms with van der Waals surface area (Å²) in [4.78, 5) is 0. The lowest BCUT2D eigenvalue weighted by Gasteiger charge is -2.17. The molecule has 1 fully saturated rings. The van der Waals surface area contributed by atoms with E-state index in [-0.39, 0.29) is 0 Å². The van der Waals surface area contributed by atoms with Crippen LogP contribution in [0.4, 0.5) is 0 Å². The van der Waals surface area contributed by atoms with Crippen LogP contribution in [0.2, 0.25) is 0 Å². The molecule has 17 heavy (non-hydrogen) atoms. The summed E-state index contributed by atoms with van der Waals surface area (Å²) in [5.74, 6) is 0.898. The van der Waals surface area contributed by atoms with E-state index in [9.17, 15) is 5.11 Å². The van der Waals surface area contributed by atoms with E-state index < -0.39 is 6.10 Å². The number of benzene rings is 1. The maximum atomic E-state index is 9.54. The van der Waals surface area contributed by atoms with Crippen molar-refractivity contribution in [2.45, 2.75) is 57.7 Å². The van der Waals surface area contributed by atoms with E-state index in [0.717, 1.165) is 11.3 Å². The lowest BCUT2D eigenvalue weighted by Crippen LogP contribution is -2.15. The fraction of sp³-hybridized carbons (Fsp3) is 0.600. The van der Waals surface area contributed by atoms with Crippen molar-refractivity contribution in [1.29, 1.82) is 0 Å². The zero-order valence-electron chi connectivity index (χ0n) is 10.6. The van der Waals surface area contributed by atoms with Gasteiger partial charge < -0.3 is 9.84 Å². The van der Waals surface area contributed by atoms with Crippen LogP contribution in [-0.4, -0.2) is 11.2 Å². The fourth-order valence-corrected chi connectivity index (χ4v) is 2.40. The Labute approximate surface area is 104 Å². The van der Waals surface area contributed by atoms with Crippen LogP contribution in [0.15, 0.2) is 24.3 Å². The van der Waals surface area contributed by atoms with Crippen LogP contribution in [0.5, 0.6) is 5.75 Å². The largest absolute Gasteiger partial charge is 0.490 e. The van der Waals surface area contributed by atoms with Crippen molar-refractivity contribution >= 4 is 0 Å². The zero-order valence-corrected chi connectivity index (χ0v) is 10.6. The molecule has 0 heterocycles. The number of hydrogen-bond acceptors (Lipinski definition) is 2. The van der Waals surface area contributed by atoms with Crippen LogP contribution in [0.3, 0.4) is 0 Å². The molecule has 0 radical (unpaired) electrons. The molecule has 0 bridgehead atoms. The highest BCUT2D eigenvalue weighted by atomic mass is 16.5. The monoisotopic (exact) mass is 234 g/mol. The Bertz CT molecular complexity index is 339. The van der Waals surface area contributed by atoms with Crippen molar-refractivity contribution in [3.63, 3.8) is 0 Å². The average molecular weight is 234 g/mol. The van der Waals surface area contributed by atoms with Crippen LogP contribution >= 0.6 is 0 Å². The Kier molecular flexibility index (Phi) is 4.43. The van der Waals surface area contributed by atoms with E-state index in [1.807, 2.05) is 24.3 Å². The van der Waals surface area contributed by atoms with E-state index in [1.165, 1.54) is 38.5 Å². The normalized spacial score (nSPS) is 19.6. The number of ether oxygens (including phenoxy) is 1. The summed E-state index contributed by atoms with van der Waals surface area (Å²) < 4.78 is 6.02. The molecule has 94 valence electrons. The second-order valence-corrected chi connectivity index (χ2v) is 4.98. The minimum atomic E-state index is -0.423. The van der Waals surface area contributed by atoms with Gasteiger partial charge in [-0.1, -0.05) is 25.0 Å². The van der Waals surface area contributed by atoms with Gasteiger partial charge in [-0.2, -0.15) is 0 Å². The van der Waals surface area contributed by atoms with Crippen LogP contribution in [0.1, 0.15) is 57.1 Å². The maximum absolute atomic E-state index is 9.54. The first-order valence-corrected chi connectivity index (χ1v) is 6.70. The summed E-state index contributed by atoms with van der Waals surface area (Å²) in [6.45, 7) is 1.78. The first-order chi connectivity index (χ1) is 8.25. The molecule has 1 aliphatic rings. The highest BCUT2D eigenvalue weighted by molar-refractivity contribution is 5.29. The van der Waals surface area contributed by atoms with Crippen molar-refractivity contribution in [3.8, 4) is 5.75 Å². The van der Waals surface area contributed by atoms with E-state index in [1.54, 1.807) is 6.92 Å². The summed E-state index contributed by atoms with van der Waals surface area (Å²) in [6, 6.07) is 7.82. The number of aliphatic hydroxyl groups excluding tert-OH is 1. The number of rotatable bonds is 3. The van der Waals surface area contributed by atoms with E-state index >= 15 is 0 Å². The molecular weight excluding hydrogens is 212 g/mol. The van der Waals surface area contributed by atoms with Crippen LogP contribution in [0.25, 0.3) is 0 Å². The van der Waals surface area contributed by atoms with Crippen LogP contribution in [-0.2, 0) is 0 Å². The molecule has 1 atom stereocenters. The summed E-state index contributed by atoms with van der Waals surface area (Å²) >= 11 is 0. The third-order valence-corrected chi connectivity index (χ3v) is 3.45. The van der Waals surface area contributed by atoms with Crippen molar-refractivity contribution in [3.05, 3.63) is 29.8 Å². The van der Waals surface area contributed by atoms with Gasteiger partial charge in [0.05, 0.1) is 12.2 Å². The van der Waals surface area contributed by atoms with Gasteiger partial charge in [-0.3, -0.25) is 0 Å². The quantitative estimate of drug-likeness (QED) is 0.805. The first kappa shape index (κ1) is 12.4. The van der Waals surface area contributed by atoms with Crippen molar-refractivity contribution < 1.29 is 9.84 Å². The van der Waals surface area contributed by atoms with E-state index in [0.29, 0.717) is 6.10 Å². The third-order valence-electron chi connectivity index (χ3n) is 3.45. The topological polar surface area (TPSA) is 29.5 Å². The van der Waals surface area contributed by atoms with Gasteiger partial charge in [0.2, 0.25) is 0 Å². The summed E-state index contributed by atoms with van der Waals surface area (Å²) in [7, 11) is 0. The zero-order chi connectivity index (χ0) is 12.1. The molecule has 0 saturated heterocycles. The smallest absolute Gasteiger partial charge is 0.120 e. The fourth-order valence-electron chi connectivity index (χ4n) is 2.40. The minimum Gasteiger partial charge on any atom is -0.490 e. The Morgan fingerprint density at radius 1 is 1.18 bits per heavy atom. The Morgan fingerprint density at radius 3 is 2.53 bits per heavy atom. The van der Waals surface area contributed by atoms with Gasteiger partial charge in [0.15, 0.2) is 0 Å². The van der Waals surface area contributed by atoms with Gasteiger partial charge >= 0.3 is 0 Å². The molecule has 2 heteroatoms. The summed E-state index contributed by atoms with van der Waals surface area (Å²) in [5, 5.41) is 9.54. The molecule has 0 aliphatic heterocycles. The predicted molar refractivity (Wildman–Crippen MR) is 69.2 cm³/mol. The minimum absolute atomic E-state index is 0.363. The van der Waals surface area contributed by atoms with Gasteiger partial charge in [0.1, 0.15) is 5.75 Å². The van der Waals surface area contributed by atoms with Crippen LogP contribution in [0, 0.1) is 0 Å². The maximum Gasteiger partial charge on any atom is 0.120 e. The highest BCUT2D eigenvalue weighted by Gasteiger charge is 2.14. The van der Waals surface area contributed by atoms with Crippen molar-refractivity contribution in [1.82, 2.24) is 0 Å². The molecule has 2 nitrogen and oxygen atoms in total. The molecule has 1 saturated carbocycles. The first-order valence-electron chi connectivity index (χ1n) is 6.70. The summed E-state index contributed by atoms with van der Waals surface area (Å²) in [5.41, 5.74) is 0.927. The van der Waals surface area contributed by atoms with Gasteiger partial charge in [0.25, 0.3) is 0 Å². The molecule has 1 aromatic carbocycles. The lowest BCUT2D eigenvalue weighted by molar-refractivity contribution is 0.179. The van der Waals surface area contributed by atoms with Gasteiger partial charge in [-0.25, -0.2) is 0 Å². The molecular formula is C15H22O2. The number of hydrogen-bond donors (Lipinski definition) is 1. The average Bonchev–Trinajstić information content (AvgIpc) is 2.58. The van der Waals surface area contributed by atoms with Gasteiger partial charge in [-0.15, -0.1) is 0 Å². The van der Waals surface area contributed by atoms with Gasteiger partial charge in [-0.05, 0) is 50.3 Å². The molecule has 0 unspecified atom stereocenters. The highest BCUT2D eigenvalue weighted by Crippen LogP contribution is 2.24. The van der Waals surface area contributed by atoms with Crippen LogP contribution < -0.4 is 4.74 Å². The Balaban J connectivity index is 1.99. The molecule has 0 amide bonds. The SMILES string of the molecule is C[C@@H](O)c1cccc(OC2CCCCCC2)c1. The second-order valence-electron chi connectivity index (χ2n) is 4.98. The molecule has 1 aliphatic carbocycles. The van der Waals surface area contributed by atoms with Crippen molar-refractivity contribution in [2.24, 2.45) is 0 Å². The molecule has 2 rings (SSSR count). The number of aliphatic hydroxyl groups is 1. The van der Waals surface area contributed by atoms with Crippen molar-refractivity contribution in [2.75, 3.05) is 0 Å². The predicted octanol–water partition coefficient (Wildman–Crippen LogP) is 3.84. The molecule has 1 aromatic rings.